The molecule has 7 heteroatoms. The van der Waals surface area contributed by atoms with Gasteiger partial charge in [-0.1, -0.05) is 4.41 Å². The monoisotopic (exact) mass is 208 g/mol. The van der Waals surface area contributed by atoms with Crippen molar-refractivity contribution in [1.82, 2.24) is 9.84 Å². The van der Waals surface area contributed by atoms with Gasteiger partial charge in [-0.05, 0) is 0 Å². The second kappa shape index (κ2) is 2.80. The number of fused-ring (bicyclic) bond motifs is 1. The highest BCUT2D eigenvalue weighted by Crippen LogP contribution is 2.31. The molecule has 60 valence electrons. The molecule has 0 saturated carbocycles. The number of nitrogens with zero attached hydrogens (tertiary/aromatic N) is 2. The predicted molar refractivity (Wildman–Crippen MR) is 51.1 cm³/mol. The molecule has 0 aromatic rings. The third-order valence-electron chi connectivity index (χ3n) is 1.26. The SMILES string of the molecule is CS[S+]1CN=C2SC(=O)NN21. The van der Waals surface area contributed by atoms with Crippen molar-refractivity contribution in [1.29, 1.82) is 0 Å². The molecule has 1 saturated heterocycles. The van der Waals surface area contributed by atoms with Crippen LogP contribution in [-0.4, -0.2) is 27.0 Å². The molecule has 11 heavy (non-hydrogen) atoms. The second-order valence-corrected chi connectivity index (χ2v) is 6.55. The van der Waals surface area contributed by atoms with E-state index in [9.17, 15) is 4.79 Å². The molecular weight excluding hydrogens is 202 g/mol. The van der Waals surface area contributed by atoms with Crippen molar-refractivity contribution in [3.05, 3.63) is 0 Å². The molecule has 2 aliphatic heterocycles. The van der Waals surface area contributed by atoms with E-state index in [1.54, 1.807) is 10.8 Å². The summed E-state index contributed by atoms with van der Waals surface area (Å²) in [4.78, 5) is 15.1. The zero-order valence-electron chi connectivity index (χ0n) is 5.73. The van der Waals surface area contributed by atoms with Crippen molar-refractivity contribution in [2.75, 3.05) is 12.1 Å². The van der Waals surface area contributed by atoms with Crippen LogP contribution >= 0.6 is 22.6 Å². The van der Waals surface area contributed by atoms with Gasteiger partial charge < -0.3 is 0 Å². The van der Waals surface area contributed by atoms with Crippen LogP contribution in [0, 0.1) is 0 Å². The number of aliphatic imine (C=N–C) groups is 1. The number of carbonyl (C=O) groups excluding carboxylic acids is 1. The van der Waals surface area contributed by atoms with E-state index >= 15 is 0 Å². The van der Waals surface area contributed by atoms with Crippen LogP contribution < -0.4 is 5.43 Å². The van der Waals surface area contributed by atoms with Crippen molar-refractivity contribution in [3.63, 3.8) is 0 Å². The highest BCUT2D eigenvalue weighted by molar-refractivity contribution is 8.73. The van der Waals surface area contributed by atoms with Gasteiger partial charge in [0.25, 0.3) is 0 Å². The van der Waals surface area contributed by atoms with E-state index in [1.165, 1.54) is 11.8 Å². The van der Waals surface area contributed by atoms with Gasteiger partial charge in [-0.25, -0.2) is 10.4 Å². The van der Waals surface area contributed by atoms with E-state index in [4.69, 9.17) is 0 Å². The second-order valence-electron chi connectivity index (χ2n) is 1.85. The van der Waals surface area contributed by atoms with Gasteiger partial charge in [-0.2, -0.15) is 0 Å². The number of amidine groups is 1. The summed E-state index contributed by atoms with van der Waals surface area (Å²) < 4.78 is 1.86. The highest BCUT2D eigenvalue weighted by atomic mass is 33.1. The maximum absolute atomic E-state index is 10.8. The molecule has 2 heterocycles. The van der Waals surface area contributed by atoms with E-state index < -0.39 is 0 Å². The lowest BCUT2D eigenvalue weighted by atomic mass is 11.2. The predicted octanol–water partition coefficient (Wildman–Crippen LogP) is 0.798. The van der Waals surface area contributed by atoms with E-state index in [0.29, 0.717) is 0 Å². The van der Waals surface area contributed by atoms with Gasteiger partial charge in [-0.15, -0.1) is 0 Å². The number of rotatable bonds is 1. The molecule has 2 aliphatic rings. The van der Waals surface area contributed by atoms with Crippen LogP contribution in [0.25, 0.3) is 0 Å². The molecule has 1 N–H and O–H groups in total. The fraction of sp³-hybridized carbons (Fsp3) is 0.500. The molecule has 4 nitrogen and oxygen atoms in total. The molecular formula is C4H6N3OS3+. The summed E-state index contributed by atoms with van der Waals surface area (Å²) in [7, 11) is 1.76. The standard InChI is InChI=1S/C4H5N3OS3/c1-9-11-2-5-3-7(11)6-4(8)10-3/h2H2,1H3/p+1. The summed E-state index contributed by atoms with van der Waals surface area (Å²) in [5, 5.41) is 0.808. The van der Waals surface area contributed by atoms with Crippen LogP contribution in [-0.2, 0) is 10.1 Å². The highest BCUT2D eigenvalue weighted by Gasteiger charge is 2.45. The average Bonchev–Trinajstić information content (AvgIpc) is 2.45. The van der Waals surface area contributed by atoms with Crippen molar-refractivity contribution in [3.8, 4) is 0 Å². The summed E-state index contributed by atoms with van der Waals surface area (Å²) >= 11 is 1.17. The molecule has 1 fully saturated rings. The average molecular weight is 208 g/mol. The van der Waals surface area contributed by atoms with Crippen LogP contribution in [0.3, 0.4) is 0 Å². The van der Waals surface area contributed by atoms with Crippen molar-refractivity contribution in [2.24, 2.45) is 4.99 Å². The zero-order valence-corrected chi connectivity index (χ0v) is 8.18. The molecule has 0 bridgehead atoms. The number of carbonyl (C=O) groups is 1. The van der Waals surface area contributed by atoms with Gasteiger partial charge in [0.1, 0.15) is 10.8 Å². The summed E-state index contributed by atoms with van der Waals surface area (Å²) in [6, 6.07) is 0. The first-order valence-corrected chi connectivity index (χ1v) is 6.80. The fourth-order valence-corrected chi connectivity index (χ4v) is 4.30. The van der Waals surface area contributed by atoms with Gasteiger partial charge in [-0.3, -0.25) is 4.79 Å². The van der Waals surface area contributed by atoms with Crippen LogP contribution in [0.1, 0.15) is 0 Å². The molecule has 0 aliphatic carbocycles. The van der Waals surface area contributed by atoms with Gasteiger partial charge in [0.15, 0.2) is 0 Å². The van der Waals surface area contributed by atoms with Crippen LogP contribution in [0.5, 0.6) is 0 Å². The summed E-state index contributed by atoms with van der Waals surface area (Å²) in [5.41, 5.74) is 2.73. The maximum Gasteiger partial charge on any atom is 0.309 e. The third kappa shape index (κ3) is 1.21. The molecule has 2 rings (SSSR count). The van der Waals surface area contributed by atoms with Gasteiger partial charge in [0.2, 0.25) is 21.2 Å². The molecule has 0 radical (unpaired) electrons. The molecule has 0 spiro atoms. The minimum absolute atomic E-state index is 0.0185. The zero-order chi connectivity index (χ0) is 7.84. The summed E-state index contributed by atoms with van der Waals surface area (Å²) in [6.45, 7) is 0. The van der Waals surface area contributed by atoms with Crippen LogP contribution in [0.2, 0.25) is 0 Å². The third-order valence-corrected chi connectivity index (χ3v) is 5.47. The Labute approximate surface area is 75.0 Å². The van der Waals surface area contributed by atoms with E-state index in [1.807, 2.05) is 10.7 Å². The molecule has 0 aromatic heterocycles. The lowest BCUT2D eigenvalue weighted by Crippen LogP contribution is -2.36. The smallest absolute Gasteiger partial charge is 0.259 e. The van der Waals surface area contributed by atoms with E-state index in [0.717, 1.165) is 11.0 Å². The van der Waals surface area contributed by atoms with Crippen molar-refractivity contribution >= 4 is 43.1 Å². The number of hydrogen-bond donors (Lipinski definition) is 1. The Morgan fingerprint density at radius 3 is 3.45 bits per heavy atom. The first-order chi connectivity index (χ1) is 5.31. The number of amides is 1. The summed E-state index contributed by atoms with van der Waals surface area (Å²) in [5.74, 6) is 0.809. The number of nitrogens with one attached hydrogen (secondary N) is 1. The minimum atomic E-state index is -0.0185. The van der Waals surface area contributed by atoms with Crippen molar-refractivity contribution < 1.29 is 4.79 Å². The van der Waals surface area contributed by atoms with Gasteiger partial charge >= 0.3 is 5.24 Å². The fourth-order valence-electron chi connectivity index (χ4n) is 0.808. The van der Waals surface area contributed by atoms with Crippen LogP contribution in [0.15, 0.2) is 4.99 Å². The van der Waals surface area contributed by atoms with Gasteiger partial charge in [0, 0.05) is 18.0 Å². The number of hydrogen-bond acceptors (Lipinski definition) is 5. The first-order valence-electron chi connectivity index (χ1n) is 2.90. The molecule has 1 atom stereocenters. The van der Waals surface area contributed by atoms with E-state index in [2.05, 4.69) is 10.4 Å². The molecule has 1 unspecified atom stereocenters. The summed E-state index contributed by atoms with van der Waals surface area (Å²) in [6.07, 6.45) is 2.02. The first kappa shape index (κ1) is 7.63. The lowest BCUT2D eigenvalue weighted by molar-refractivity contribution is 0.256. The quantitative estimate of drug-likeness (QED) is 0.511. The number of thioether (sulfide) groups is 1. The Kier molecular flexibility index (Phi) is 1.94. The maximum atomic E-state index is 10.8. The molecule has 0 aromatic carbocycles. The Hall–Kier alpha value is -0.0100. The van der Waals surface area contributed by atoms with Crippen LogP contribution in [0.4, 0.5) is 4.79 Å². The Morgan fingerprint density at radius 1 is 1.91 bits per heavy atom. The topological polar surface area (TPSA) is 44.7 Å². The largest absolute Gasteiger partial charge is 0.309 e. The Balaban J connectivity index is 2.15. The van der Waals surface area contributed by atoms with E-state index in [-0.39, 0.29) is 15.4 Å². The molecule has 1 amide bonds. The Morgan fingerprint density at radius 2 is 2.73 bits per heavy atom. The van der Waals surface area contributed by atoms with Gasteiger partial charge in [0.05, 0.1) is 0 Å². The van der Waals surface area contributed by atoms with Crippen molar-refractivity contribution in [2.45, 2.75) is 0 Å². The lowest BCUT2D eigenvalue weighted by Gasteiger charge is -2.05. The number of hydrazine groups is 1. The Bertz CT molecular complexity index is 231. The normalized spacial score (nSPS) is 28.5. The minimum Gasteiger partial charge on any atom is -0.259 e.